The van der Waals surface area contributed by atoms with Gasteiger partial charge in [0.05, 0.1) is 13.5 Å². The normalized spacial score (nSPS) is 23.8. The fourth-order valence-corrected chi connectivity index (χ4v) is 3.91. The SMILES string of the molecule is COC(=O)CC1(CC(=O)Cc2ccc(C)cc2C)CCC(C)CC1. The fraction of sp³-hybridized carbons (Fsp3) is 0.619. The first-order valence-electron chi connectivity index (χ1n) is 8.98. The van der Waals surface area contributed by atoms with Crippen LogP contribution in [0.15, 0.2) is 18.2 Å². The molecule has 0 aromatic heterocycles. The molecular weight excluding hydrogens is 300 g/mol. The maximum atomic E-state index is 12.7. The molecule has 0 radical (unpaired) electrons. The molecule has 0 heterocycles. The maximum absolute atomic E-state index is 12.7. The lowest BCUT2D eigenvalue weighted by Gasteiger charge is -2.38. The number of carbonyl (C=O) groups is 2. The van der Waals surface area contributed by atoms with Crippen LogP contribution in [0.25, 0.3) is 0 Å². The van der Waals surface area contributed by atoms with Crippen LogP contribution in [0.4, 0.5) is 0 Å². The van der Waals surface area contributed by atoms with Gasteiger partial charge in [-0.2, -0.15) is 0 Å². The minimum absolute atomic E-state index is 0.191. The molecule has 0 aliphatic heterocycles. The number of methoxy groups -OCH3 is 1. The number of hydrogen-bond donors (Lipinski definition) is 0. The number of hydrogen-bond acceptors (Lipinski definition) is 3. The number of ketones is 1. The van der Waals surface area contributed by atoms with E-state index in [1.165, 1.54) is 18.2 Å². The Hall–Kier alpha value is -1.64. The molecule has 0 amide bonds. The van der Waals surface area contributed by atoms with Gasteiger partial charge >= 0.3 is 5.97 Å². The van der Waals surface area contributed by atoms with E-state index in [-0.39, 0.29) is 17.2 Å². The summed E-state index contributed by atoms with van der Waals surface area (Å²) in [4.78, 5) is 24.6. The molecule has 0 bridgehead atoms. The second-order valence-corrected chi connectivity index (χ2v) is 7.76. The highest BCUT2D eigenvalue weighted by Crippen LogP contribution is 2.44. The van der Waals surface area contributed by atoms with Crippen molar-refractivity contribution in [3.8, 4) is 0 Å². The van der Waals surface area contributed by atoms with E-state index < -0.39 is 0 Å². The molecule has 1 fully saturated rings. The molecule has 1 aliphatic carbocycles. The highest BCUT2D eigenvalue weighted by atomic mass is 16.5. The molecule has 0 saturated heterocycles. The van der Waals surface area contributed by atoms with Crippen LogP contribution in [-0.4, -0.2) is 18.9 Å². The Bertz CT molecular complexity index is 595. The summed E-state index contributed by atoms with van der Waals surface area (Å²) in [7, 11) is 1.43. The lowest BCUT2D eigenvalue weighted by molar-refractivity contribution is -0.144. The van der Waals surface area contributed by atoms with Gasteiger partial charge in [-0.15, -0.1) is 0 Å². The van der Waals surface area contributed by atoms with E-state index in [2.05, 4.69) is 39.0 Å². The Morgan fingerprint density at radius 3 is 2.42 bits per heavy atom. The summed E-state index contributed by atoms with van der Waals surface area (Å²) in [5, 5.41) is 0. The minimum atomic E-state index is -0.199. The van der Waals surface area contributed by atoms with Gasteiger partial charge in [0.15, 0.2) is 0 Å². The summed E-state index contributed by atoms with van der Waals surface area (Å²) in [5.74, 6) is 0.731. The van der Waals surface area contributed by atoms with Gasteiger partial charge in [0.2, 0.25) is 0 Å². The zero-order valence-electron chi connectivity index (χ0n) is 15.5. The summed E-state index contributed by atoms with van der Waals surface area (Å²) in [6, 6.07) is 6.23. The van der Waals surface area contributed by atoms with Crippen LogP contribution in [0.1, 0.15) is 62.1 Å². The topological polar surface area (TPSA) is 43.4 Å². The Kier molecular flexibility index (Phi) is 6.20. The molecule has 0 N–H and O–H groups in total. The number of aryl methyl sites for hydroxylation is 2. The summed E-state index contributed by atoms with van der Waals surface area (Å²) in [6.07, 6.45) is 5.40. The summed E-state index contributed by atoms with van der Waals surface area (Å²) in [6.45, 7) is 6.37. The van der Waals surface area contributed by atoms with Crippen molar-refractivity contribution in [2.24, 2.45) is 11.3 Å². The van der Waals surface area contributed by atoms with Crippen molar-refractivity contribution < 1.29 is 14.3 Å². The molecule has 1 aromatic carbocycles. The summed E-state index contributed by atoms with van der Waals surface area (Å²) in [5.41, 5.74) is 3.28. The molecule has 1 aromatic rings. The van der Waals surface area contributed by atoms with Gasteiger partial charge in [0.1, 0.15) is 5.78 Å². The van der Waals surface area contributed by atoms with Crippen LogP contribution in [0.2, 0.25) is 0 Å². The first-order chi connectivity index (χ1) is 11.3. The fourth-order valence-electron chi connectivity index (χ4n) is 3.91. The molecule has 3 heteroatoms. The van der Waals surface area contributed by atoms with Crippen molar-refractivity contribution >= 4 is 11.8 Å². The molecule has 0 unspecified atom stereocenters. The average molecular weight is 330 g/mol. The molecule has 0 atom stereocenters. The molecule has 132 valence electrons. The van der Waals surface area contributed by atoms with Gasteiger partial charge in [-0.3, -0.25) is 9.59 Å². The van der Waals surface area contributed by atoms with E-state index in [4.69, 9.17) is 4.74 Å². The Balaban J connectivity index is 2.07. The van der Waals surface area contributed by atoms with Crippen molar-refractivity contribution in [1.29, 1.82) is 0 Å². The first kappa shape index (κ1) is 18.7. The predicted octanol–water partition coefficient (Wildman–Crippen LogP) is 4.56. The molecule has 1 saturated carbocycles. The lowest BCUT2D eigenvalue weighted by atomic mass is 9.66. The number of benzene rings is 1. The highest BCUT2D eigenvalue weighted by Gasteiger charge is 2.38. The third kappa shape index (κ3) is 4.93. The van der Waals surface area contributed by atoms with Gasteiger partial charge in [0.25, 0.3) is 0 Å². The summed E-state index contributed by atoms with van der Waals surface area (Å²) >= 11 is 0. The van der Waals surface area contributed by atoms with Gasteiger partial charge in [-0.1, -0.05) is 43.5 Å². The Morgan fingerprint density at radius 2 is 1.83 bits per heavy atom. The molecule has 0 spiro atoms. The van der Waals surface area contributed by atoms with Crippen molar-refractivity contribution in [2.75, 3.05) is 7.11 Å². The largest absolute Gasteiger partial charge is 0.469 e. The lowest BCUT2D eigenvalue weighted by Crippen LogP contribution is -2.33. The molecule has 3 nitrogen and oxygen atoms in total. The van der Waals surface area contributed by atoms with E-state index in [0.717, 1.165) is 31.2 Å². The van der Waals surface area contributed by atoms with Crippen LogP contribution in [0.3, 0.4) is 0 Å². The molecule has 2 rings (SSSR count). The number of Topliss-reactive ketones (excluding diaryl/α,β-unsaturated/α-hetero) is 1. The minimum Gasteiger partial charge on any atom is -0.469 e. The molecule has 1 aliphatic rings. The predicted molar refractivity (Wildman–Crippen MR) is 95.9 cm³/mol. The Morgan fingerprint density at radius 1 is 1.17 bits per heavy atom. The van der Waals surface area contributed by atoms with E-state index in [9.17, 15) is 9.59 Å². The zero-order chi connectivity index (χ0) is 17.7. The third-order valence-electron chi connectivity index (χ3n) is 5.54. The maximum Gasteiger partial charge on any atom is 0.306 e. The van der Waals surface area contributed by atoms with Crippen molar-refractivity contribution in [2.45, 2.75) is 65.7 Å². The second kappa shape index (κ2) is 7.96. The van der Waals surface area contributed by atoms with Crippen molar-refractivity contribution in [3.05, 3.63) is 34.9 Å². The standard InChI is InChI=1S/C21H30O3/c1-15-7-9-21(10-8-15,14-20(23)24-4)13-19(22)12-18-6-5-16(2)11-17(18)3/h5-6,11,15H,7-10,12-14H2,1-4H3. The van der Waals surface area contributed by atoms with Crippen LogP contribution < -0.4 is 0 Å². The number of esters is 1. The van der Waals surface area contributed by atoms with Gasteiger partial charge in [-0.25, -0.2) is 0 Å². The second-order valence-electron chi connectivity index (χ2n) is 7.76. The van der Waals surface area contributed by atoms with Gasteiger partial charge < -0.3 is 4.74 Å². The van der Waals surface area contributed by atoms with Crippen molar-refractivity contribution in [3.63, 3.8) is 0 Å². The van der Waals surface area contributed by atoms with Crippen molar-refractivity contribution in [1.82, 2.24) is 0 Å². The van der Waals surface area contributed by atoms with E-state index >= 15 is 0 Å². The zero-order valence-corrected chi connectivity index (χ0v) is 15.5. The first-order valence-corrected chi connectivity index (χ1v) is 8.98. The van der Waals surface area contributed by atoms with Crippen LogP contribution in [0, 0.1) is 25.2 Å². The van der Waals surface area contributed by atoms with Crippen LogP contribution in [0.5, 0.6) is 0 Å². The summed E-state index contributed by atoms with van der Waals surface area (Å²) < 4.78 is 4.89. The number of rotatable bonds is 6. The third-order valence-corrected chi connectivity index (χ3v) is 5.54. The Labute approximate surface area is 145 Å². The van der Waals surface area contributed by atoms with Gasteiger partial charge in [0, 0.05) is 12.8 Å². The van der Waals surface area contributed by atoms with E-state index in [1.807, 2.05) is 0 Å². The number of ether oxygens (including phenoxy) is 1. The molecular formula is C21H30O3. The van der Waals surface area contributed by atoms with Crippen LogP contribution >= 0.6 is 0 Å². The number of carbonyl (C=O) groups excluding carboxylic acids is 2. The van der Waals surface area contributed by atoms with Gasteiger partial charge in [-0.05, 0) is 49.1 Å². The van der Waals surface area contributed by atoms with Crippen LogP contribution in [-0.2, 0) is 20.7 Å². The smallest absolute Gasteiger partial charge is 0.306 e. The van der Waals surface area contributed by atoms with E-state index in [1.54, 1.807) is 0 Å². The average Bonchev–Trinajstić information content (AvgIpc) is 2.53. The quantitative estimate of drug-likeness (QED) is 0.718. The highest BCUT2D eigenvalue weighted by molar-refractivity contribution is 5.82. The van der Waals surface area contributed by atoms with E-state index in [0.29, 0.717) is 25.2 Å². The molecule has 24 heavy (non-hydrogen) atoms. The monoisotopic (exact) mass is 330 g/mol.